The summed E-state index contributed by atoms with van der Waals surface area (Å²) in [5.74, 6) is 0.0604. The van der Waals surface area contributed by atoms with Gasteiger partial charge in [-0.05, 0) is 24.6 Å². The van der Waals surface area contributed by atoms with Crippen LogP contribution in [0.1, 0.15) is 28.4 Å². The Hall–Kier alpha value is -1.54. The molecule has 0 spiro atoms. The molecule has 4 nitrogen and oxygen atoms in total. The molecule has 0 aliphatic carbocycles. The molecule has 0 unspecified atom stereocenters. The Morgan fingerprint density at radius 1 is 1.53 bits per heavy atom. The molecule has 0 aliphatic heterocycles. The van der Waals surface area contributed by atoms with Crippen molar-refractivity contribution in [3.63, 3.8) is 0 Å². The van der Waals surface area contributed by atoms with Crippen LogP contribution in [0.2, 0.25) is 0 Å². The summed E-state index contributed by atoms with van der Waals surface area (Å²) >= 11 is 3.28. The second-order valence-electron chi connectivity index (χ2n) is 3.17. The molecule has 0 heterocycles. The van der Waals surface area contributed by atoms with Crippen molar-refractivity contribution in [1.82, 2.24) is 0 Å². The number of hydrogen-bond acceptors (Lipinski definition) is 4. The SMILES string of the molecule is CCOC(=O)c1c(C#N)cc(OC)cc1CBr. The van der Waals surface area contributed by atoms with Crippen LogP contribution in [0.15, 0.2) is 12.1 Å². The smallest absolute Gasteiger partial charge is 0.339 e. The average molecular weight is 298 g/mol. The number of halogens is 1. The molecule has 0 radical (unpaired) electrons. The van der Waals surface area contributed by atoms with E-state index in [4.69, 9.17) is 14.7 Å². The summed E-state index contributed by atoms with van der Waals surface area (Å²) in [4.78, 5) is 11.8. The molecule has 1 rings (SSSR count). The minimum atomic E-state index is -0.485. The number of esters is 1. The third kappa shape index (κ3) is 2.98. The Kier molecular flexibility index (Phi) is 4.98. The second kappa shape index (κ2) is 6.26. The number of ether oxygens (including phenoxy) is 2. The molecule has 0 atom stereocenters. The largest absolute Gasteiger partial charge is 0.497 e. The monoisotopic (exact) mass is 297 g/mol. The lowest BCUT2D eigenvalue weighted by Crippen LogP contribution is -2.10. The van der Waals surface area contributed by atoms with E-state index in [0.29, 0.717) is 22.2 Å². The van der Waals surface area contributed by atoms with E-state index in [0.717, 1.165) is 0 Å². The zero-order valence-electron chi connectivity index (χ0n) is 9.62. The van der Waals surface area contributed by atoms with Gasteiger partial charge in [0, 0.05) is 5.33 Å². The van der Waals surface area contributed by atoms with E-state index in [1.165, 1.54) is 13.2 Å². The van der Waals surface area contributed by atoms with Crippen LogP contribution in [0.3, 0.4) is 0 Å². The van der Waals surface area contributed by atoms with Gasteiger partial charge in [-0.1, -0.05) is 15.9 Å². The Balaban J connectivity index is 3.35. The van der Waals surface area contributed by atoms with Crippen molar-refractivity contribution in [3.05, 3.63) is 28.8 Å². The van der Waals surface area contributed by atoms with Crippen molar-refractivity contribution in [3.8, 4) is 11.8 Å². The van der Waals surface area contributed by atoms with E-state index in [1.54, 1.807) is 13.0 Å². The summed E-state index contributed by atoms with van der Waals surface area (Å²) < 4.78 is 10.0. The molecule has 0 fully saturated rings. The maximum Gasteiger partial charge on any atom is 0.339 e. The predicted octanol–water partition coefficient (Wildman–Crippen LogP) is 2.64. The third-order valence-electron chi connectivity index (χ3n) is 2.17. The normalized spacial score (nSPS) is 9.53. The van der Waals surface area contributed by atoms with E-state index < -0.39 is 5.97 Å². The summed E-state index contributed by atoms with van der Waals surface area (Å²) in [7, 11) is 1.51. The van der Waals surface area contributed by atoms with Crippen molar-refractivity contribution in [2.24, 2.45) is 0 Å². The van der Waals surface area contributed by atoms with Crippen LogP contribution in [0.25, 0.3) is 0 Å². The Morgan fingerprint density at radius 3 is 2.71 bits per heavy atom. The lowest BCUT2D eigenvalue weighted by atomic mass is 10.0. The first-order chi connectivity index (χ1) is 8.17. The predicted molar refractivity (Wildman–Crippen MR) is 66.3 cm³/mol. The molecule has 0 bridgehead atoms. The molecular weight excluding hydrogens is 286 g/mol. The average Bonchev–Trinajstić information content (AvgIpc) is 2.37. The first-order valence-electron chi connectivity index (χ1n) is 5.02. The number of methoxy groups -OCH3 is 1. The standard InChI is InChI=1S/C12H12BrNO3/c1-3-17-12(15)11-8(6-13)4-10(16-2)5-9(11)7-14/h4-5H,3,6H2,1-2H3. The zero-order chi connectivity index (χ0) is 12.8. The number of benzene rings is 1. The number of carbonyl (C=O) groups excluding carboxylic acids is 1. The van der Waals surface area contributed by atoms with Crippen molar-refractivity contribution >= 4 is 21.9 Å². The number of alkyl halides is 1. The molecule has 90 valence electrons. The number of nitrogens with zero attached hydrogens (tertiary/aromatic N) is 1. The Morgan fingerprint density at radius 2 is 2.24 bits per heavy atom. The lowest BCUT2D eigenvalue weighted by Gasteiger charge is -2.10. The highest BCUT2D eigenvalue weighted by atomic mass is 79.9. The molecule has 1 aromatic carbocycles. The van der Waals surface area contributed by atoms with Crippen LogP contribution in [-0.4, -0.2) is 19.7 Å². The fourth-order valence-electron chi connectivity index (χ4n) is 1.43. The van der Waals surface area contributed by atoms with Crippen LogP contribution in [0.4, 0.5) is 0 Å². The maximum absolute atomic E-state index is 11.8. The van der Waals surface area contributed by atoms with Gasteiger partial charge in [0.15, 0.2) is 0 Å². The molecule has 0 saturated carbocycles. The van der Waals surface area contributed by atoms with Gasteiger partial charge in [-0.2, -0.15) is 5.26 Å². The van der Waals surface area contributed by atoms with Crippen LogP contribution >= 0.6 is 15.9 Å². The van der Waals surface area contributed by atoms with Crippen LogP contribution in [0, 0.1) is 11.3 Å². The fourth-order valence-corrected chi connectivity index (χ4v) is 1.87. The van der Waals surface area contributed by atoms with Crippen molar-refractivity contribution in [2.45, 2.75) is 12.3 Å². The molecule has 0 N–H and O–H groups in total. The molecule has 17 heavy (non-hydrogen) atoms. The van der Waals surface area contributed by atoms with Crippen molar-refractivity contribution in [1.29, 1.82) is 5.26 Å². The number of nitriles is 1. The van der Waals surface area contributed by atoms with E-state index in [-0.39, 0.29) is 12.2 Å². The first kappa shape index (κ1) is 13.5. The van der Waals surface area contributed by atoms with Gasteiger partial charge in [-0.15, -0.1) is 0 Å². The molecular formula is C12H12BrNO3. The second-order valence-corrected chi connectivity index (χ2v) is 3.74. The number of hydrogen-bond donors (Lipinski definition) is 0. The Bertz CT molecular complexity index is 466. The van der Waals surface area contributed by atoms with Gasteiger partial charge >= 0.3 is 5.97 Å². The van der Waals surface area contributed by atoms with Gasteiger partial charge in [0.1, 0.15) is 11.8 Å². The summed E-state index contributed by atoms with van der Waals surface area (Å²) in [6.45, 7) is 2.00. The van der Waals surface area contributed by atoms with Gasteiger partial charge in [-0.25, -0.2) is 4.79 Å². The summed E-state index contributed by atoms with van der Waals surface area (Å²) in [5.41, 5.74) is 1.24. The molecule has 0 aromatic heterocycles. The van der Waals surface area contributed by atoms with Gasteiger partial charge in [0.05, 0.1) is 24.8 Å². The van der Waals surface area contributed by atoms with E-state index >= 15 is 0 Å². The highest BCUT2D eigenvalue weighted by Gasteiger charge is 2.18. The van der Waals surface area contributed by atoms with Gasteiger partial charge < -0.3 is 9.47 Å². The first-order valence-corrected chi connectivity index (χ1v) is 6.14. The van der Waals surface area contributed by atoms with Crippen molar-refractivity contribution < 1.29 is 14.3 Å². The third-order valence-corrected chi connectivity index (χ3v) is 2.78. The van der Waals surface area contributed by atoms with E-state index in [2.05, 4.69) is 15.9 Å². The topological polar surface area (TPSA) is 59.3 Å². The summed E-state index contributed by atoms with van der Waals surface area (Å²) in [5, 5.41) is 9.50. The van der Waals surface area contributed by atoms with Crippen LogP contribution in [-0.2, 0) is 10.1 Å². The molecule has 0 saturated heterocycles. The minimum absolute atomic E-state index is 0.261. The summed E-state index contributed by atoms with van der Waals surface area (Å²) in [6.07, 6.45) is 0. The maximum atomic E-state index is 11.8. The van der Waals surface area contributed by atoms with Crippen LogP contribution in [0.5, 0.6) is 5.75 Å². The van der Waals surface area contributed by atoms with Gasteiger partial charge in [0.25, 0.3) is 0 Å². The fraction of sp³-hybridized carbons (Fsp3) is 0.333. The zero-order valence-corrected chi connectivity index (χ0v) is 11.2. The quantitative estimate of drug-likeness (QED) is 0.633. The number of carbonyl (C=O) groups is 1. The van der Waals surface area contributed by atoms with Crippen LogP contribution < -0.4 is 4.74 Å². The highest BCUT2D eigenvalue weighted by Crippen LogP contribution is 2.25. The van der Waals surface area contributed by atoms with Gasteiger partial charge in [-0.3, -0.25) is 0 Å². The molecule has 1 aromatic rings. The van der Waals surface area contributed by atoms with Crippen molar-refractivity contribution in [2.75, 3.05) is 13.7 Å². The lowest BCUT2D eigenvalue weighted by molar-refractivity contribution is 0.0525. The summed E-state index contributed by atoms with van der Waals surface area (Å²) in [6, 6.07) is 5.22. The van der Waals surface area contributed by atoms with E-state index in [1.807, 2.05) is 6.07 Å². The van der Waals surface area contributed by atoms with Gasteiger partial charge in [0.2, 0.25) is 0 Å². The Labute approximate surface area is 108 Å². The molecule has 0 amide bonds. The molecule has 0 aliphatic rings. The van der Waals surface area contributed by atoms with E-state index in [9.17, 15) is 4.79 Å². The molecule has 5 heteroatoms. The number of rotatable bonds is 4. The minimum Gasteiger partial charge on any atom is -0.497 e. The highest BCUT2D eigenvalue weighted by molar-refractivity contribution is 9.08.